The van der Waals surface area contributed by atoms with Crippen LogP contribution in [-0.4, -0.2) is 17.7 Å². The topological polar surface area (TPSA) is 50.9 Å². The van der Waals surface area contributed by atoms with E-state index in [2.05, 4.69) is 4.85 Å². The number of esters is 1. The van der Waals surface area contributed by atoms with Crippen molar-refractivity contribution in [1.82, 2.24) is 0 Å². The molecule has 0 bridgehead atoms. The smallest absolute Gasteiger partial charge is 0.340 e. The van der Waals surface area contributed by atoms with Crippen molar-refractivity contribution in [3.05, 3.63) is 53.0 Å². The van der Waals surface area contributed by atoms with Crippen LogP contribution in [0.2, 0.25) is 0 Å². The van der Waals surface area contributed by atoms with Crippen molar-refractivity contribution in [2.24, 2.45) is 0 Å². The van der Waals surface area contributed by atoms with E-state index in [1.807, 2.05) is 6.92 Å². The fourth-order valence-corrected chi connectivity index (χ4v) is 1.51. The second-order valence-corrected chi connectivity index (χ2v) is 4.02. The first-order chi connectivity index (χ1) is 9.20. The van der Waals surface area contributed by atoms with Gasteiger partial charge in [-0.05, 0) is 6.42 Å². The number of carbonyl (C=O) groups excluding carboxylic acids is 1. The largest absolute Gasteiger partial charge is 0.518 e. The molecule has 0 saturated carbocycles. The molecule has 1 aromatic rings. The van der Waals surface area contributed by atoms with Crippen molar-refractivity contribution in [1.29, 1.82) is 0 Å². The van der Waals surface area contributed by atoms with Crippen LogP contribution in [0.4, 0.5) is 0 Å². The molecule has 0 saturated heterocycles. The van der Waals surface area contributed by atoms with Gasteiger partial charge < -0.3 is 9.84 Å². The monoisotopic (exact) mass is 259 g/mol. The zero-order valence-corrected chi connectivity index (χ0v) is 10.9. The standard InChI is InChI=1S/C15H17NO3/c1-3-4-8-11-19-15(18)13(16-2)14(17)12-9-6-5-7-10-12/h5-7,9-10,17H,3-4,8,11H2,1H3. The molecular formula is C15H17NO3. The van der Waals surface area contributed by atoms with E-state index in [4.69, 9.17) is 11.3 Å². The Morgan fingerprint density at radius 1 is 1.32 bits per heavy atom. The molecule has 0 spiro atoms. The van der Waals surface area contributed by atoms with E-state index in [0.717, 1.165) is 19.3 Å². The van der Waals surface area contributed by atoms with Gasteiger partial charge in [0.15, 0.2) is 0 Å². The van der Waals surface area contributed by atoms with E-state index in [1.54, 1.807) is 30.3 Å². The molecule has 1 aromatic carbocycles. The van der Waals surface area contributed by atoms with Crippen LogP contribution in [0, 0.1) is 6.57 Å². The van der Waals surface area contributed by atoms with E-state index < -0.39 is 5.97 Å². The third-order valence-corrected chi connectivity index (χ3v) is 2.56. The number of nitrogens with zero attached hydrogens (tertiary/aromatic N) is 1. The molecule has 1 rings (SSSR count). The summed E-state index contributed by atoms with van der Waals surface area (Å²) < 4.78 is 4.97. The minimum absolute atomic E-state index is 0.272. The SMILES string of the molecule is [C-]#[N+]C(C(=O)OCCCCC)=C(O)c1ccccc1. The molecule has 0 amide bonds. The maximum absolute atomic E-state index is 11.7. The van der Waals surface area contributed by atoms with Gasteiger partial charge in [0.25, 0.3) is 0 Å². The molecule has 100 valence electrons. The van der Waals surface area contributed by atoms with Gasteiger partial charge in [0.05, 0.1) is 13.2 Å². The van der Waals surface area contributed by atoms with Crippen molar-refractivity contribution in [3.8, 4) is 0 Å². The van der Waals surface area contributed by atoms with Crippen LogP contribution in [0.3, 0.4) is 0 Å². The van der Waals surface area contributed by atoms with Crippen LogP contribution in [0.5, 0.6) is 0 Å². The number of hydrogen-bond acceptors (Lipinski definition) is 3. The highest BCUT2D eigenvalue weighted by Crippen LogP contribution is 2.17. The number of hydrogen-bond donors (Lipinski definition) is 1. The van der Waals surface area contributed by atoms with Gasteiger partial charge >= 0.3 is 11.7 Å². The Balaban J connectivity index is 2.77. The molecule has 0 radical (unpaired) electrons. The third kappa shape index (κ3) is 4.47. The average molecular weight is 259 g/mol. The van der Waals surface area contributed by atoms with Crippen molar-refractivity contribution >= 4 is 11.7 Å². The predicted molar refractivity (Wildman–Crippen MR) is 73.1 cm³/mol. The lowest BCUT2D eigenvalue weighted by molar-refractivity contribution is -0.138. The summed E-state index contributed by atoms with van der Waals surface area (Å²) >= 11 is 0. The van der Waals surface area contributed by atoms with E-state index >= 15 is 0 Å². The molecule has 19 heavy (non-hydrogen) atoms. The highest BCUT2D eigenvalue weighted by Gasteiger charge is 2.18. The summed E-state index contributed by atoms with van der Waals surface area (Å²) in [5.41, 5.74) is 0.0571. The number of unbranched alkanes of at least 4 members (excludes halogenated alkanes) is 2. The van der Waals surface area contributed by atoms with Crippen molar-refractivity contribution in [2.45, 2.75) is 26.2 Å². The van der Waals surface area contributed by atoms with Crippen molar-refractivity contribution < 1.29 is 14.6 Å². The van der Waals surface area contributed by atoms with Crippen molar-refractivity contribution in [3.63, 3.8) is 0 Å². The summed E-state index contributed by atoms with van der Waals surface area (Å²) in [6.07, 6.45) is 2.76. The van der Waals surface area contributed by atoms with Crippen LogP contribution in [-0.2, 0) is 9.53 Å². The van der Waals surface area contributed by atoms with Gasteiger partial charge in [-0.3, -0.25) is 4.79 Å². The normalized spacial score (nSPS) is 11.4. The molecule has 0 aliphatic heterocycles. The molecule has 1 N–H and O–H groups in total. The second-order valence-electron chi connectivity index (χ2n) is 4.02. The van der Waals surface area contributed by atoms with E-state index in [-0.39, 0.29) is 18.1 Å². The minimum Gasteiger partial charge on any atom is -0.518 e. The number of rotatable bonds is 6. The minimum atomic E-state index is -0.771. The van der Waals surface area contributed by atoms with Gasteiger partial charge in [-0.15, -0.1) is 0 Å². The van der Waals surface area contributed by atoms with Gasteiger partial charge in [0.1, 0.15) is 5.76 Å². The fourth-order valence-electron chi connectivity index (χ4n) is 1.51. The molecular weight excluding hydrogens is 242 g/mol. The molecule has 0 aliphatic rings. The summed E-state index contributed by atoms with van der Waals surface area (Å²) in [5, 5.41) is 9.92. The maximum Gasteiger partial charge on any atom is 0.340 e. The third-order valence-electron chi connectivity index (χ3n) is 2.56. The molecule has 0 aliphatic carbocycles. The van der Waals surface area contributed by atoms with Gasteiger partial charge in [0, 0.05) is 5.56 Å². The first kappa shape index (κ1) is 14.8. The average Bonchev–Trinajstić information content (AvgIpc) is 2.45. The first-order valence-electron chi connectivity index (χ1n) is 6.24. The molecule has 0 aromatic heterocycles. The highest BCUT2D eigenvalue weighted by molar-refractivity contribution is 5.97. The quantitative estimate of drug-likeness (QED) is 0.279. The first-order valence-corrected chi connectivity index (χ1v) is 6.24. The Labute approximate surface area is 113 Å². The Morgan fingerprint density at radius 3 is 2.58 bits per heavy atom. The lowest BCUT2D eigenvalue weighted by Gasteiger charge is -2.06. The molecule has 4 heteroatoms. The predicted octanol–water partition coefficient (Wildman–Crippen LogP) is 3.57. The van der Waals surface area contributed by atoms with Crippen LogP contribution in [0.25, 0.3) is 10.6 Å². The fraction of sp³-hybridized carbons (Fsp3) is 0.333. The van der Waals surface area contributed by atoms with Crippen LogP contribution >= 0.6 is 0 Å². The molecule has 0 unspecified atom stereocenters. The molecule has 4 nitrogen and oxygen atoms in total. The van der Waals surface area contributed by atoms with E-state index in [1.165, 1.54) is 0 Å². The Kier molecular flexibility index (Phi) is 6.17. The van der Waals surface area contributed by atoms with E-state index in [0.29, 0.717) is 5.56 Å². The number of ether oxygens (including phenoxy) is 1. The lowest BCUT2D eigenvalue weighted by Crippen LogP contribution is -2.09. The van der Waals surface area contributed by atoms with Gasteiger partial charge in [-0.25, -0.2) is 4.85 Å². The Morgan fingerprint density at radius 2 is 2.00 bits per heavy atom. The summed E-state index contributed by atoms with van der Waals surface area (Å²) in [4.78, 5) is 14.8. The second kappa shape index (κ2) is 7.93. The molecule has 0 fully saturated rings. The number of benzene rings is 1. The van der Waals surface area contributed by atoms with Crippen molar-refractivity contribution in [2.75, 3.05) is 6.61 Å². The van der Waals surface area contributed by atoms with Gasteiger partial charge in [0.2, 0.25) is 0 Å². The zero-order valence-electron chi connectivity index (χ0n) is 10.9. The lowest BCUT2D eigenvalue weighted by atomic mass is 10.1. The molecule has 0 heterocycles. The Hall–Kier alpha value is -2.28. The van der Waals surface area contributed by atoms with E-state index in [9.17, 15) is 9.90 Å². The highest BCUT2D eigenvalue weighted by atomic mass is 16.5. The summed E-state index contributed by atoms with van der Waals surface area (Å²) in [5.74, 6) is -1.11. The zero-order chi connectivity index (χ0) is 14.1. The van der Waals surface area contributed by atoms with Crippen LogP contribution in [0.1, 0.15) is 31.7 Å². The summed E-state index contributed by atoms with van der Waals surface area (Å²) in [6, 6.07) is 8.49. The maximum atomic E-state index is 11.7. The molecule has 0 atom stereocenters. The van der Waals surface area contributed by atoms with Gasteiger partial charge in [-0.2, -0.15) is 0 Å². The summed E-state index contributed by atoms with van der Waals surface area (Å²) in [7, 11) is 0. The number of carbonyl (C=O) groups is 1. The number of aliphatic hydroxyl groups excluding tert-OH is 1. The van der Waals surface area contributed by atoms with Crippen LogP contribution < -0.4 is 0 Å². The number of aliphatic hydroxyl groups is 1. The van der Waals surface area contributed by atoms with Gasteiger partial charge in [-0.1, -0.05) is 50.1 Å². The van der Waals surface area contributed by atoms with Crippen LogP contribution in [0.15, 0.2) is 36.0 Å². The summed E-state index contributed by atoms with van der Waals surface area (Å²) in [6.45, 7) is 9.31. The Bertz CT molecular complexity index is 486.